The molecule has 4 rings (SSSR count). The average molecular weight is 358 g/mol. The van der Waals surface area contributed by atoms with E-state index in [-0.39, 0.29) is 18.1 Å². The second-order valence-corrected chi connectivity index (χ2v) is 6.32. The normalized spacial score (nSPS) is 19.2. The molecule has 8 heteroatoms. The number of carboxylic acid groups (broad SMARTS) is 1. The highest BCUT2D eigenvalue weighted by atomic mass is 16.6. The zero-order chi connectivity index (χ0) is 18.1. The number of carboxylic acids is 1. The van der Waals surface area contributed by atoms with Crippen molar-refractivity contribution < 1.29 is 28.6 Å². The molecule has 1 aromatic carbocycles. The number of aromatic nitrogens is 1. The van der Waals surface area contributed by atoms with Crippen molar-refractivity contribution in [3.8, 4) is 22.8 Å². The summed E-state index contributed by atoms with van der Waals surface area (Å²) >= 11 is 0. The van der Waals surface area contributed by atoms with Crippen LogP contribution in [0.2, 0.25) is 0 Å². The number of piperidine rings is 1. The van der Waals surface area contributed by atoms with Crippen LogP contribution in [-0.2, 0) is 4.79 Å². The third kappa shape index (κ3) is 2.98. The number of carbonyl (C=O) groups excluding carboxylic acids is 1. The molecule has 3 heterocycles. The van der Waals surface area contributed by atoms with E-state index >= 15 is 0 Å². The summed E-state index contributed by atoms with van der Waals surface area (Å²) in [6.45, 7) is 1.65. The summed E-state index contributed by atoms with van der Waals surface area (Å²) in [6.07, 6.45) is 2.45. The minimum absolute atomic E-state index is 0.174. The monoisotopic (exact) mass is 358 g/mol. The lowest BCUT2D eigenvalue weighted by molar-refractivity contribution is -0.143. The molecule has 2 aliphatic rings. The average Bonchev–Trinajstić information content (AvgIpc) is 3.17. The molecule has 136 valence electrons. The van der Waals surface area contributed by atoms with Crippen LogP contribution in [0.1, 0.15) is 23.3 Å². The SMILES string of the molecule is O=C(O)[C@H]1CCCN(C(=O)c2ncoc2-c2ccc3c(c2)OCCO3)C1. The van der Waals surface area contributed by atoms with Crippen LogP contribution in [0.15, 0.2) is 29.0 Å². The molecular formula is C18H18N2O6. The van der Waals surface area contributed by atoms with Crippen LogP contribution in [0.3, 0.4) is 0 Å². The van der Waals surface area contributed by atoms with Crippen LogP contribution in [0.5, 0.6) is 11.5 Å². The summed E-state index contributed by atoms with van der Waals surface area (Å²) in [7, 11) is 0. The number of hydrogen-bond acceptors (Lipinski definition) is 6. The fraction of sp³-hybridized carbons (Fsp3) is 0.389. The van der Waals surface area contributed by atoms with Gasteiger partial charge in [-0.2, -0.15) is 0 Å². The van der Waals surface area contributed by atoms with Crippen LogP contribution in [-0.4, -0.2) is 53.2 Å². The predicted molar refractivity (Wildman–Crippen MR) is 89.2 cm³/mol. The first-order chi connectivity index (χ1) is 12.6. The second-order valence-electron chi connectivity index (χ2n) is 6.32. The molecule has 1 amide bonds. The number of carbonyl (C=O) groups is 2. The fourth-order valence-electron chi connectivity index (χ4n) is 3.30. The van der Waals surface area contributed by atoms with Crippen LogP contribution in [0.4, 0.5) is 0 Å². The number of benzene rings is 1. The number of likely N-dealkylation sites (tertiary alicyclic amines) is 1. The number of fused-ring (bicyclic) bond motifs is 1. The Morgan fingerprint density at radius 3 is 2.81 bits per heavy atom. The van der Waals surface area contributed by atoms with Gasteiger partial charge in [0, 0.05) is 18.7 Å². The van der Waals surface area contributed by atoms with Gasteiger partial charge in [-0.15, -0.1) is 0 Å². The van der Waals surface area contributed by atoms with E-state index in [9.17, 15) is 14.7 Å². The summed E-state index contributed by atoms with van der Waals surface area (Å²) in [5, 5.41) is 9.22. The zero-order valence-corrected chi connectivity index (χ0v) is 14.0. The number of amides is 1. The Morgan fingerprint density at radius 2 is 2.00 bits per heavy atom. The smallest absolute Gasteiger partial charge is 0.308 e. The summed E-state index contributed by atoms with van der Waals surface area (Å²) in [6, 6.07) is 5.30. The van der Waals surface area contributed by atoms with E-state index in [0.717, 1.165) is 0 Å². The number of rotatable bonds is 3. The van der Waals surface area contributed by atoms with Crippen molar-refractivity contribution in [2.75, 3.05) is 26.3 Å². The van der Waals surface area contributed by atoms with Crippen LogP contribution in [0, 0.1) is 5.92 Å². The number of aliphatic carboxylic acids is 1. The first kappa shape index (κ1) is 16.4. The Hall–Kier alpha value is -3.03. The molecule has 2 aromatic rings. The number of hydrogen-bond donors (Lipinski definition) is 1. The van der Waals surface area contributed by atoms with E-state index in [0.29, 0.717) is 55.4 Å². The lowest BCUT2D eigenvalue weighted by atomic mass is 9.98. The van der Waals surface area contributed by atoms with Crippen molar-refractivity contribution in [2.45, 2.75) is 12.8 Å². The molecule has 0 aliphatic carbocycles. The van der Waals surface area contributed by atoms with Gasteiger partial charge in [0.1, 0.15) is 13.2 Å². The molecule has 1 saturated heterocycles. The molecule has 8 nitrogen and oxygen atoms in total. The van der Waals surface area contributed by atoms with Gasteiger partial charge in [0.15, 0.2) is 29.3 Å². The Morgan fingerprint density at radius 1 is 1.19 bits per heavy atom. The Labute approximate surface area is 149 Å². The van der Waals surface area contributed by atoms with E-state index in [1.165, 1.54) is 11.3 Å². The molecule has 1 N–H and O–H groups in total. The minimum Gasteiger partial charge on any atom is -0.486 e. The van der Waals surface area contributed by atoms with Gasteiger partial charge in [-0.3, -0.25) is 9.59 Å². The van der Waals surface area contributed by atoms with Gasteiger partial charge >= 0.3 is 5.97 Å². The molecule has 0 saturated carbocycles. The minimum atomic E-state index is -0.880. The van der Waals surface area contributed by atoms with Crippen molar-refractivity contribution in [3.63, 3.8) is 0 Å². The summed E-state index contributed by atoms with van der Waals surface area (Å²) in [5.74, 6) is -0.175. The lowest BCUT2D eigenvalue weighted by Crippen LogP contribution is -2.42. The number of oxazole rings is 1. The van der Waals surface area contributed by atoms with Crippen molar-refractivity contribution >= 4 is 11.9 Å². The van der Waals surface area contributed by atoms with Crippen molar-refractivity contribution in [2.24, 2.45) is 5.92 Å². The van der Waals surface area contributed by atoms with Gasteiger partial charge in [-0.05, 0) is 31.0 Å². The van der Waals surface area contributed by atoms with Gasteiger partial charge in [0.05, 0.1) is 5.92 Å². The van der Waals surface area contributed by atoms with Gasteiger partial charge in [0.2, 0.25) is 0 Å². The maximum absolute atomic E-state index is 12.9. The Kier molecular flexibility index (Phi) is 4.24. The summed E-state index contributed by atoms with van der Waals surface area (Å²) in [4.78, 5) is 29.7. The molecule has 1 atom stereocenters. The molecule has 1 fully saturated rings. The molecule has 26 heavy (non-hydrogen) atoms. The van der Waals surface area contributed by atoms with Crippen molar-refractivity contribution in [3.05, 3.63) is 30.3 Å². The Balaban J connectivity index is 1.60. The maximum Gasteiger partial charge on any atom is 0.308 e. The van der Waals surface area contributed by atoms with Gasteiger partial charge in [0.25, 0.3) is 5.91 Å². The fourth-order valence-corrected chi connectivity index (χ4v) is 3.30. The number of nitrogens with zero attached hydrogens (tertiary/aromatic N) is 2. The number of ether oxygens (including phenoxy) is 2. The van der Waals surface area contributed by atoms with E-state index < -0.39 is 11.9 Å². The second kappa shape index (κ2) is 6.70. The molecule has 0 bridgehead atoms. The predicted octanol–water partition coefficient (Wildman–Crippen LogP) is 2.05. The standard InChI is InChI=1S/C18H18N2O6/c21-17(20-5-1-2-12(9-20)18(22)23)15-16(26-10-19-15)11-3-4-13-14(8-11)25-7-6-24-13/h3-4,8,10,12H,1-2,5-7,9H2,(H,22,23)/t12-/m0/s1. The molecule has 1 aromatic heterocycles. The quantitative estimate of drug-likeness (QED) is 0.896. The van der Waals surface area contributed by atoms with Crippen LogP contribution >= 0.6 is 0 Å². The first-order valence-electron chi connectivity index (χ1n) is 8.49. The largest absolute Gasteiger partial charge is 0.486 e. The first-order valence-corrected chi connectivity index (χ1v) is 8.49. The van der Waals surface area contributed by atoms with Gasteiger partial charge in [-0.25, -0.2) is 4.98 Å². The van der Waals surface area contributed by atoms with Crippen LogP contribution in [0.25, 0.3) is 11.3 Å². The third-order valence-corrected chi connectivity index (χ3v) is 4.63. The lowest BCUT2D eigenvalue weighted by Gasteiger charge is -2.30. The van der Waals surface area contributed by atoms with Crippen LogP contribution < -0.4 is 9.47 Å². The topological polar surface area (TPSA) is 102 Å². The third-order valence-electron chi connectivity index (χ3n) is 4.63. The van der Waals surface area contributed by atoms with E-state index in [4.69, 9.17) is 13.9 Å². The highest BCUT2D eigenvalue weighted by molar-refractivity contribution is 5.98. The van der Waals surface area contributed by atoms with E-state index in [1.807, 2.05) is 0 Å². The van der Waals surface area contributed by atoms with E-state index in [1.54, 1.807) is 18.2 Å². The molecule has 0 radical (unpaired) electrons. The molecular weight excluding hydrogens is 340 g/mol. The summed E-state index contributed by atoms with van der Waals surface area (Å²) < 4.78 is 16.5. The van der Waals surface area contributed by atoms with Crippen molar-refractivity contribution in [1.82, 2.24) is 9.88 Å². The van der Waals surface area contributed by atoms with Gasteiger partial charge < -0.3 is 23.9 Å². The zero-order valence-electron chi connectivity index (χ0n) is 14.0. The molecule has 0 spiro atoms. The molecule has 2 aliphatic heterocycles. The Bertz CT molecular complexity index is 846. The summed E-state index contributed by atoms with van der Waals surface area (Å²) in [5.41, 5.74) is 0.828. The maximum atomic E-state index is 12.9. The highest BCUT2D eigenvalue weighted by Crippen LogP contribution is 2.35. The molecule has 0 unspecified atom stereocenters. The highest BCUT2D eigenvalue weighted by Gasteiger charge is 2.31. The van der Waals surface area contributed by atoms with Crippen molar-refractivity contribution in [1.29, 1.82) is 0 Å². The van der Waals surface area contributed by atoms with E-state index in [2.05, 4.69) is 4.98 Å². The van der Waals surface area contributed by atoms with Gasteiger partial charge in [-0.1, -0.05) is 0 Å².